The Morgan fingerprint density at radius 1 is 0.938 bits per heavy atom. The number of ether oxygens (including phenoxy) is 1. The SMILES string of the molecule is CCC(Oc1cccc2ccccc12)C(=O)Nc1ccc(CSc2ccccc2)cc1C. The van der Waals surface area contributed by atoms with Gasteiger partial charge >= 0.3 is 0 Å². The predicted octanol–water partition coefficient (Wildman–Crippen LogP) is 7.24. The van der Waals surface area contributed by atoms with Crippen molar-refractivity contribution in [1.29, 1.82) is 0 Å². The van der Waals surface area contributed by atoms with Gasteiger partial charge in [-0.2, -0.15) is 0 Å². The topological polar surface area (TPSA) is 38.3 Å². The summed E-state index contributed by atoms with van der Waals surface area (Å²) >= 11 is 1.81. The van der Waals surface area contributed by atoms with E-state index in [1.54, 1.807) is 11.8 Å². The monoisotopic (exact) mass is 441 g/mol. The summed E-state index contributed by atoms with van der Waals surface area (Å²) in [4.78, 5) is 14.2. The number of anilines is 1. The molecule has 0 radical (unpaired) electrons. The molecule has 4 heteroatoms. The summed E-state index contributed by atoms with van der Waals surface area (Å²) < 4.78 is 6.15. The van der Waals surface area contributed by atoms with Crippen LogP contribution in [-0.4, -0.2) is 12.0 Å². The van der Waals surface area contributed by atoms with E-state index in [4.69, 9.17) is 4.74 Å². The number of benzene rings is 4. The van der Waals surface area contributed by atoms with Gasteiger partial charge in [0.1, 0.15) is 5.75 Å². The Bertz CT molecular complexity index is 1200. The van der Waals surface area contributed by atoms with E-state index in [9.17, 15) is 4.79 Å². The molecule has 0 fully saturated rings. The van der Waals surface area contributed by atoms with Crippen LogP contribution in [0, 0.1) is 6.92 Å². The molecular formula is C28H27NO2S. The van der Waals surface area contributed by atoms with Gasteiger partial charge in [0.05, 0.1) is 0 Å². The van der Waals surface area contributed by atoms with Gasteiger partial charge in [-0.25, -0.2) is 0 Å². The standard InChI is InChI=1S/C28H27NO2S/c1-3-26(31-27-15-9-11-22-10-7-8-14-24(22)27)28(30)29-25-17-16-21(18-20(25)2)19-32-23-12-5-4-6-13-23/h4-18,26H,3,19H2,1-2H3,(H,29,30). The number of nitrogens with one attached hydrogen (secondary N) is 1. The Morgan fingerprint density at radius 2 is 1.69 bits per heavy atom. The van der Waals surface area contributed by atoms with Crippen molar-refractivity contribution < 1.29 is 9.53 Å². The third-order valence-corrected chi connectivity index (χ3v) is 6.46. The van der Waals surface area contributed by atoms with Gasteiger partial charge in [0.2, 0.25) is 0 Å². The van der Waals surface area contributed by atoms with Gasteiger partial charge in [-0.3, -0.25) is 4.79 Å². The maximum Gasteiger partial charge on any atom is 0.265 e. The summed E-state index contributed by atoms with van der Waals surface area (Å²) in [5.41, 5.74) is 3.10. The number of thioether (sulfide) groups is 1. The predicted molar refractivity (Wildman–Crippen MR) is 134 cm³/mol. The number of rotatable bonds is 8. The first-order valence-corrected chi connectivity index (χ1v) is 11.9. The lowest BCUT2D eigenvalue weighted by molar-refractivity contribution is -0.122. The largest absolute Gasteiger partial charge is 0.480 e. The average molecular weight is 442 g/mol. The minimum atomic E-state index is -0.562. The fraction of sp³-hybridized carbons (Fsp3) is 0.179. The van der Waals surface area contributed by atoms with Crippen LogP contribution in [0.5, 0.6) is 5.75 Å². The highest BCUT2D eigenvalue weighted by molar-refractivity contribution is 7.98. The zero-order chi connectivity index (χ0) is 22.3. The van der Waals surface area contributed by atoms with E-state index < -0.39 is 6.10 Å². The molecule has 162 valence electrons. The molecule has 0 heterocycles. The Labute approximate surface area is 193 Å². The molecule has 4 aromatic rings. The van der Waals surface area contributed by atoms with Crippen LogP contribution in [0.4, 0.5) is 5.69 Å². The molecule has 0 bridgehead atoms. The van der Waals surface area contributed by atoms with E-state index in [0.717, 1.165) is 33.5 Å². The highest BCUT2D eigenvalue weighted by Crippen LogP contribution is 2.28. The normalized spacial score (nSPS) is 11.8. The molecule has 4 aromatic carbocycles. The number of fused-ring (bicyclic) bond motifs is 1. The second kappa shape index (κ2) is 10.4. The van der Waals surface area contributed by atoms with Gasteiger partial charge in [0.15, 0.2) is 6.10 Å². The maximum atomic E-state index is 13.0. The van der Waals surface area contributed by atoms with Crippen molar-refractivity contribution in [2.75, 3.05) is 5.32 Å². The summed E-state index contributed by atoms with van der Waals surface area (Å²) in [6.07, 6.45) is 0.0217. The van der Waals surface area contributed by atoms with E-state index in [2.05, 4.69) is 41.7 Å². The van der Waals surface area contributed by atoms with Crippen molar-refractivity contribution in [3.63, 3.8) is 0 Å². The smallest absolute Gasteiger partial charge is 0.265 e. The number of carbonyl (C=O) groups excluding carboxylic acids is 1. The van der Waals surface area contributed by atoms with E-state index in [1.807, 2.05) is 68.4 Å². The van der Waals surface area contributed by atoms with Crippen molar-refractivity contribution in [3.8, 4) is 5.75 Å². The number of hydrogen-bond acceptors (Lipinski definition) is 3. The Kier molecular flexibility index (Phi) is 7.13. The van der Waals surface area contributed by atoms with Crippen LogP contribution in [-0.2, 0) is 10.5 Å². The van der Waals surface area contributed by atoms with Gasteiger partial charge in [-0.15, -0.1) is 11.8 Å². The van der Waals surface area contributed by atoms with E-state index in [1.165, 1.54) is 10.5 Å². The Balaban J connectivity index is 1.42. The second-order valence-corrected chi connectivity index (χ2v) is 8.78. The third kappa shape index (κ3) is 5.32. The Hall–Kier alpha value is -3.24. The highest BCUT2D eigenvalue weighted by atomic mass is 32.2. The fourth-order valence-electron chi connectivity index (χ4n) is 3.63. The molecule has 0 spiro atoms. The van der Waals surface area contributed by atoms with Crippen molar-refractivity contribution >= 4 is 34.1 Å². The van der Waals surface area contributed by atoms with E-state index in [0.29, 0.717) is 6.42 Å². The van der Waals surface area contributed by atoms with Crippen LogP contribution in [0.25, 0.3) is 10.8 Å². The molecule has 0 saturated heterocycles. The van der Waals surface area contributed by atoms with Crippen LogP contribution in [0.1, 0.15) is 24.5 Å². The van der Waals surface area contributed by atoms with Gasteiger partial charge < -0.3 is 10.1 Å². The lowest BCUT2D eigenvalue weighted by Gasteiger charge is -2.19. The summed E-state index contributed by atoms with van der Waals surface area (Å²) in [6, 6.07) is 30.5. The molecule has 0 aromatic heterocycles. The number of carbonyl (C=O) groups is 1. The lowest BCUT2D eigenvalue weighted by Crippen LogP contribution is -2.32. The molecule has 32 heavy (non-hydrogen) atoms. The number of aryl methyl sites for hydroxylation is 1. The van der Waals surface area contributed by atoms with Crippen LogP contribution < -0.4 is 10.1 Å². The van der Waals surface area contributed by atoms with Crippen molar-refractivity contribution in [1.82, 2.24) is 0 Å². The summed E-state index contributed by atoms with van der Waals surface area (Å²) in [5.74, 6) is 1.49. The van der Waals surface area contributed by atoms with Gasteiger partial charge in [-0.05, 0) is 54.1 Å². The van der Waals surface area contributed by atoms with E-state index >= 15 is 0 Å². The highest BCUT2D eigenvalue weighted by Gasteiger charge is 2.20. The second-order valence-electron chi connectivity index (χ2n) is 7.73. The third-order valence-electron chi connectivity index (χ3n) is 5.38. The molecule has 4 rings (SSSR count). The first-order chi connectivity index (χ1) is 15.6. The minimum absolute atomic E-state index is 0.130. The zero-order valence-corrected chi connectivity index (χ0v) is 19.2. The van der Waals surface area contributed by atoms with E-state index in [-0.39, 0.29) is 5.91 Å². The first-order valence-electron chi connectivity index (χ1n) is 10.9. The van der Waals surface area contributed by atoms with Crippen molar-refractivity contribution in [2.45, 2.75) is 37.0 Å². The fourth-order valence-corrected chi connectivity index (χ4v) is 4.49. The van der Waals surface area contributed by atoms with Crippen LogP contribution in [0.15, 0.2) is 95.9 Å². The summed E-state index contributed by atoms with van der Waals surface area (Å²) in [7, 11) is 0. The maximum absolute atomic E-state index is 13.0. The molecule has 0 saturated carbocycles. The Morgan fingerprint density at radius 3 is 2.47 bits per heavy atom. The first kappa shape index (κ1) is 22.0. The quantitative estimate of drug-likeness (QED) is 0.293. The lowest BCUT2D eigenvalue weighted by atomic mass is 10.1. The molecule has 0 aliphatic rings. The molecule has 0 aliphatic carbocycles. The number of hydrogen-bond donors (Lipinski definition) is 1. The zero-order valence-electron chi connectivity index (χ0n) is 18.4. The molecule has 3 nitrogen and oxygen atoms in total. The van der Waals surface area contributed by atoms with Gasteiger partial charge in [0.25, 0.3) is 5.91 Å². The summed E-state index contributed by atoms with van der Waals surface area (Å²) in [6.45, 7) is 3.99. The number of amides is 1. The van der Waals surface area contributed by atoms with Gasteiger partial charge in [-0.1, -0.05) is 73.7 Å². The van der Waals surface area contributed by atoms with Crippen LogP contribution >= 0.6 is 11.8 Å². The molecule has 0 aliphatic heterocycles. The van der Waals surface area contributed by atoms with Gasteiger partial charge in [0, 0.05) is 21.7 Å². The van der Waals surface area contributed by atoms with Crippen LogP contribution in [0.3, 0.4) is 0 Å². The average Bonchev–Trinajstić information content (AvgIpc) is 2.83. The molecule has 1 unspecified atom stereocenters. The van der Waals surface area contributed by atoms with Crippen molar-refractivity contribution in [2.24, 2.45) is 0 Å². The van der Waals surface area contributed by atoms with Crippen LogP contribution in [0.2, 0.25) is 0 Å². The molecule has 1 N–H and O–H groups in total. The molecule has 1 amide bonds. The summed E-state index contributed by atoms with van der Waals surface area (Å²) in [5, 5.41) is 5.17. The van der Waals surface area contributed by atoms with Crippen molar-refractivity contribution in [3.05, 3.63) is 102 Å². The molecule has 1 atom stereocenters. The molecular weight excluding hydrogens is 414 g/mol. The minimum Gasteiger partial charge on any atom is -0.480 e.